The van der Waals surface area contributed by atoms with Gasteiger partial charge in [0.2, 0.25) is 0 Å². The predicted octanol–water partition coefficient (Wildman–Crippen LogP) is 8.89. The van der Waals surface area contributed by atoms with Crippen molar-refractivity contribution in [3.63, 3.8) is 0 Å². The largest absolute Gasteiger partial charge is 0.372 e. The fourth-order valence-electron chi connectivity index (χ4n) is 4.87. The van der Waals surface area contributed by atoms with Gasteiger partial charge in [0.15, 0.2) is 0 Å². The van der Waals surface area contributed by atoms with Crippen molar-refractivity contribution in [3.05, 3.63) is 29.3 Å². The van der Waals surface area contributed by atoms with E-state index in [2.05, 4.69) is 121 Å². The van der Waals surface area contributed by atoms with Crippen LogP contribution in [0.5, 0.6) is 0 Å². The van der Waals surface area contributed by atoms with Crippen LogP contribution in [0.2, 0.25) is 36.3 Å². The maximum atomic E-state index is 3.95. The monoisotopic (exact) mass is 481 g/mol. The number of hydrogen-bond acceptors (Lipinski definition) is 1. The minimum absolute atomic E-state index is 0.635. The molecule has 0 heterocycles. The first-order chi connectivity index (χ1) is 15.4. The molecule has 0 aliphatic heterocycles. The minimum Gasteiger partial charge on any atom is -0.372 e. The molecule has 1 aromatic carbocycles. The van der Waals surface area contributed by atoms with Gasteiger partial charge >= 0.3 is 0 Å². The van der Waals surface area contributed by atoms with Crippen LogP contribution in [-0.2, 0) is 0 Å². The summed E-state index contributed by atoms with van der Waals surface area (Å²) < 4.78 is 0. The second-order valence-corrected chi connectivity index (χ2v) is 21.9. The van der Waals surface area contributed by atoms with Crippen LogP contribution in [0.1, 0.15) is 92.2 Å². The zero-order chi connectivity index (χ0) is 25.2. The molecule has 0 aliphatic rings. The molecule has 0 amide bonds. The van der Waals surface area contributed by atoms with Crippen molar-refractivity contribution in [1.82, 2.24) is 0 Å². The Morgan fingerprint density at radius 1 is 0.727 bits per heavy atom. The summed E-state index contributed by atoms with van der Waals surface area (Å²) in [6.07, 6.45) is 4.90. The number of benzene rings is 1. The molecule has 0 saturated heterocycles. The molecule has 0 radical (unpaired) electrons. The van der Waals surface area contributed by atoms with Gasteiger partial charge in [-0.25, -0.2) is 0 Å². The molecular formula is C30H51NSi2. The lowest BCUT2D eigenvalue weighted by molar-refractivity contribution is 0.678. The molecule has 0 spiro atoms. The molecule has 0 fully saturated rings. The first-order valence-corrected chi connectivity index (χ1v) is 19.1. The van der Waals surface area contributed by atoms with Crippen molar-refractivity contribution in [3.8, 4) is 22.9 Å². The van der Waals surface area contributed by atoms with Crippen molar-refractivity contribution in [2.75, 3.05) is 18.0 Å². The van der Waals surface area contributed by atoms with Crippen LogP contribution in [-0.4, -0.2) is 29.2 Å². The summed E-state index contributed by atoms with van der Waals surface area (Å²) in [5.41, 5.74) is 13.0. The highest BCUT2D eigenvalue weighted by atomic mass is 28.3. The van der Waals surface area contributed by atoms with Gasteiger partial charge in [-0.05, 0) is 47.7 Å². The molecular weight excluding hydrogens is 431 g/mol. The van der Waals surface area contributed by atoms with Crippen molar-refractivity contribution < 1.29 is 0 Å². The molecule has 0 aliphatic carbocycles. The van der Waals surface area contributed by atoms with E-state index in [4.69, 9.17) is 0 Å². The quantitative estimate of drug-likeness (QED) is 0.238. The summed E-state index contributed by atoms with van der Waals surface area (Å²) in [6.45, 7) is 28.1. The lowest BCUT2D eigenvalue weighted by atomic mass is 10.1. The Morgan fingerprint density at radius 3 is 1.64 bits per heavy atom. The molecule has 0 N–H and O–H groups in total. The third-order valence-electron chi connectivity index (χ3n) is 6.78. The number of nitrogens with zero attached hydrogens (tertiary/aromatic N) is 1. The minimum atomic E-state index is -1.79. The molecule has 3 heteroatoms. The van der Waals surface area contributed by atoms with Gasteiger partial charge in [-0.15, -0.1) is 11.1 Å². The Kier molecular flexibility index (Phi) is 12.1. The SMILES string of the molecule is CCCCN(CCCC)c1ccc(C#C[Si](C)(C)C)c(C#C[Si](C(C)C)(C(C)C)C(C)C)c1. The Labute approximate surface area is 209 Å². The molecule has 0 unspecified atom stereocenters. The number of unbranched alkanes of at least 4 members (excludes halogenated alkanes) is 2. The van der Waals surface area contributed by atoms with Gasteiger partial charge in [-0.2, -0.15) is 0 Å². The summed E-state index contributed by atoms with van der Waals surface area (Å²) in [5, 5.41) is 0. The van der Waals surface area contributed by atoms with Crippen LogP contribution in [0.15, 0.2) is 18.2 Å². The molecule has 1 rings (SSSR count). The van der Waals surface area contributed by atoms with Gasteiger partial charge < -0.3 is 4.90 Å². The Balaban J connectivity index is 3.66. The van der Waals surface area contributed by atoms with Gasteiger partial charge in [0.1, 0.15) is 16.1 Å². The summed E-state index contributed by atoms with van der Waals surface area (Å²) in [6, 6.07) is 6.86. The van der Waals surface area contributed by atoms with Gasteiger partial charge in [0.25, 0.3) is 0 Å². The molecule has 1 aromatic rings. The second-order valence-electron chi connectivity index (χ2n) is 11.6. The van der Waals surface area contributed by atoms with E-state index >= 15 is 0 Å². The van der Waals surface area contributed by atoms with Gasteiger partial charge in [0.05, 0.1) is 0 Å². The predicted molar refractivity (Wildman–Crippen MR) is 157 cm³/mol. The topological polar surface area (TPSA) is 3.24 Å². The highest BCUT2D eigenvalue weighted by Crippen LogP contribution is 2.40. The average Bonchev–Trinajstić information content (AvgIpc) is 2.72. The molecule has 0 aromatic heterocycles. The van der Waals surface area contributed by atoms with E-state index in [0.717, 1.165) is 24.2 Å². The van der Waals surface area contributed by atoms with Crippen LogP contribution in [0, 0.1) is 22.9 Å². The third kappa shape index (κ3) is 8.70. The first-order valence-electron chi connectivity index (χ1n) is 13.3. The molecule has 1 nitrogen and oxygen atoms in total. The summed E-state index contributed by atoms with van der Waals surface area (Å²) in [5.74, 6) is 7.28. The number of anilines is 1. The fraction of sp³-hybridized carbons (Fsp3) is 0.667. The van der Waals surface area contributed by atoms with Crippen molar-refractivity contribution in [2.45, 2.75) is 117 Å². The molecule has 0 atom stereocenters. The average molecular weight is 482 g/mol. The van der Waals surface area contributed by atoms with Crippen molar-refractivity contribution in [2.24, 2.45) is 0 Å². The molecule has 184 valence electrons. The normalized spacial score (nSPS) is 11.9. The van der Waals surface area contributed by atoms with Crippen LogP contribution >= 0.6 is 0 Å². The van der Waals surface area contributed by atoms with Crippen molar-refractivity contribution in [1.29, 1.82) is 0 Å². The maximum absolute atomic E-state index is 3.95. The van der Waals surface area contributed by atoms with Gasteiger partial charge in [0, 0.05) is 29.9 Å². The van der Waals surface area contributed by atoms with E-state index in [9.17, 15) is 0 Å². The smallest absolute Gasteiger partial charge is 0.146 e. The second kappa shape index (κ2) is 13.5. The van der Waals surface area contributed by atoms with E-state index in [1.165, 1.54) is 31.4 Å². The number of hydrogen-bond donors (Lipinski definition) is 0. The Bertz CT molecular complexity index is 823. The van der Waals surface area contributed by atoms with Crippen LogP contribution in [0.4, 0.5) is 5.69 Å². The summed E-state index contributed by atoms with van der Waals surface area (Å²) in [4.78, 5) is 2.56. The number of rotatable bonds is 10. The molecule has 33 heavy (non-hydrogen) atoms. The van der Waals surface area contributed by atoms with Gasteiger partial charge in [-0.3, -0.25) is 0 Å². The summed E-state index contributed by atoms with van der Waals surface area (Å²) >= 11 is 0. The van der Waals surface area contributed by atoms with Crippen LogP contribution < -0.4 is 4.90 Å². The first kappa shape index (κ1) is 29.6. The van der Waals surface area contributed by atoms with Gasteiger partial charge in [-0.1, -0.05) is 99.7 Å². The highest BCUT2D eigenvalue weighted by molar-refractivity contribution is 6.90. The molecule has 0 bridgehead atoms. The van der Waals surface area contributed by atoms with Crippen molar-refractivity contribution >= 4 is 21.8 Å². The lowest BCUT2D eigenvalue weighted by Crippen LogP contribution is -2.43. The van der Waals surface area contributed by atoms with E-state index in [-0.39, 0.29) is 0 Å². The van der Waals surface area contributed by atoms with E-state index in [1.807, 2.05) is 0 Å². The van der Waals surface area contributed by atoms with E-state index < -0.39 is 16.1 Å². The van der Waals surface area contributed by atoms with E-state index in [1.54, 1.807) is 0 Å². The standard InChI is InChI=1S/C30H51NSi2/c1-12-14-20-31(21-15-13-2)30-17-16-28(18-22-32(9,10)11)29(24-30)19-23-33(25(3)4,26(5)6)27(7)8/h16-17,24-27H,12-15,20-21H2,1-11H3. The van der Waals surface area contributed by atoms with Crippen LogP contribution in [0.3, 0.4) is 0 Å². The Morgan fingerprint density at radius 2 is 1.21 bits per heavy atom. The highest BCUT2D eigenvalue weighted by Gasteiger charge is 2.41. The summed E-state index contributed by atoms with van der Waals surface area (Å²) in [7, 11) is -3.25. The maximum Gasteiger partial charge on any atom is 0.146 e. The van der Waals surface area contributed by atoms with E-state index in [0.29, 0.717) is 16.6 Å². The van der Waals surface area contributed by atoms with Crippen LogP contribution in [0.25, 0.3) is 0 Å². The zero-order valence-corrected chi connectivity index (χ0v) is 25.7. The molecule has 0 saturated carbocycles. The lowest BCUT2D eigenvalue weighted by Gasteiger charge is -2.38. The third-order valence-corrected chi connectivity index (χ3v) is 13.9. The zero-order valence-electron chi connectivity index (χ0n) is 23.7. The fourth-order valence-corrected chi connectivity index (χ4v) is 10.6. The Hall–Kier alpha value is -1.43.